The van der Waals surface area contributed by atoms with Crippen LogP contribution in [0.3, 0.4) is 0 Å². The predicted octanol–water partition coefficient (Wildman–Crippen LogP) is 3.04. The molecule has 0 amide bonds. The summed E-state index contributed by atoms with van der Waals surface area (Å²) in [7, 11) is 0. The number of fused-ring (bicyclic) bond motifs is 1. The average molecular weight is 216 g/mol. The Morgan fingerprint density at radius 2 is 1.88 bits per heavy atom. The number of hydrogen-bond donors (Lipinski definition) is 1. The molecule has 0 spiro atoms. The van der Waals surface area contributed by atoms with Gasteiger partial charge in [-0.3, -0.25) is 0 Å². The second-order valence-corrected chi connectivity index (χ2v) is 4.92. The molecule has 86 valence electrons. The lowest BCUT2D eigenvalue weighted by molar-refractivity contribution is 0.577. The lowest BCUT2D eigenvalue weighted by Gasteiger charge is -2.30. The van der Waals surface area contributed by atoms with Crippen molar-refractivity contribution in [3.05, 3.63) is 23.8 Å². The van der Waals surface area contributed by atoms with Gasteiger partial charge >= 0.3 is 0 Å². The SMILES string of the molecule is c1cc2c(cc1N1CCCCC1)CCCN2. The molecular weight excluding hydrogens is 196 g/mol. The summed E-state index contributed by atoms with van der Waals surface area (Å²) in [5.74, 6) is 0. The van der Waals surface area contributed by atoms with Crippen molar-refractivity contribution in [3.63, 3.8) is 0 Å². The summed E-state index contributed by atoms with van der Waals surface area (Å²) in [6, 6.07) is 6.94. The Morgan fingerprint density at radius 1 is 1.00 bits per heavy atom. The van der Waals surface area contributed by atoms with Gasteiger partial charge in [0.25, 0.3) is 0 Å². The topological polar surface area (TPSA) is 15.3 Å². The first-order valence-electron chi connectivity index (χ1n) is 6.55. The van der Waals surface area contributed by atoms with Gasteiger partial charge in [0.05, 0.1) is 0 Å². The Balaban J connectivity index is 1.84. The van der Waals surface area contributed by atoms with Gasteiger partial charge in [-0.2, -0.15) is 0 Å². The molecule has 0 radical (unpaired) electrons. The van der Waals surface area contributed by atoms with Crippen LogP contribution in [0.15, 0.2) is 18.2 Å². The van der Waals surface area contributed by atoms with Gasteiger partial charge in [-0.05, 0) is 55.9 Å². The molecular formula is C14H20N2. The van der Waals surface area contributed by atoms with E-state index in [2.05, 4.69) is 28.4 Å². The van der Waals surface area contributed by atoms with Gasteiger partial charge < -0.3 is 10.2 Å². The summed E-state index contributed by atoms with van der Waals surface area (Å²) in [6.07, 6.45) is 6.63. The molecule has 0 aromatic heterocycles. The van der Waals surface area contributed by atoms with Crippen LogP contribution < -0.4 is 10.2 Å². The minimum Gasteiger partial charge on any atom is -0.385 e. The summed E-state index contributed by atoms with van der Waals surface area (Å²) >= 11 is 0. The van der Waals surface area contributed by atoms with E-state index < -0.39 is 0 Å². The molecule has 2 heterocycles. The van der Waals surface area contributed by atoms with Gasteiger partial charge in [0.2, 0.25) is 0 Å². The first-order chi connectivity index (χ1) is 7.93. The van der Waals surface area contributed by atoms with Crippen LogP contribution in [0, 0.1) is 0 Å². The number of hydrogen-bond acceptors (Lipinski definition) is 2. The first-order valence-corrected chi connectivity index (χ1v) is 6.55. The third-order valence-corrected chi connectivity index (χ3v) is 3.75. The van der Waals surface area contributed by atoms with Crippen molar-refractivity contribution >= 4 is 11.4 Å². The highest BCUT2D eigenvalue weighted by molar-refractivity contribution is 5.61. The van der Waals surface area contributed by atoms with Crippen molar-refractivity contribution in [2.45, 2.75) is 32.1 Å². The molecule has 0 saturated carbocycles. The number of nitrogens with one attached hydrogen (secondary N) is 1. The van der Waals surface area contributed by atoms with Crippen LogP contribution in [0.4, 0.5) is 11.4 Å². The zero-order valence-electron chi connectivity index (χ0n) is 9.84. The fraction of sp³-hybridized carbons (Fsp3) is 0.571. The molecule has 0 atom stereocenters. The van der Waals surface area contributed by atoms with Crippen molar-refractivity contribution < 1.29 is 0 Å². The molecule has 3 rings (SSSR count). The number of nitrogens with zero attached hydrogens (tertiary/aromatic N) is 1. The third kappa shape index (κ3) is 1.89. The normalized spacial score (nSPS) is 20.1. The Labute approximate surface area is 97.6 Å². The molecule has 2 aliphatic rings. The maximum Gasteiger partial charge on any atom is 0.0374 e. The summed E-state index contributed by atoms with van der Waals surface area (Å²) < 4.78 is 0. The monoisotopic (exact) mass is 216 g/mol. The molecule has 0 unspecified atom stereocenters. The van der Waals surface area contributed by atoms with E-state index in [1.165, 1.54) is 62.1 Å². The highest BCUT2D eigenvalue weighted by atomic mass is 15.1. The highest BCUT2D eigenvalue weighted by Crippen LogP contribution is 2.28. The number of anilines is 2. The number of benzene rings is 1. The number of piperidine rings is 1. The molecule has 16 heavy (non-hydrogen) atoms. The summed E-state index contributed by atoms with van der Waals surface area (Å²) in [5.41, 5.74) is 4.29. The Kier molecular flexibility index (Phi) is 2.73. The molecule has 1 aromatic rings. The van der Waals surface area contributed by atoms with Gasteiger partial charge in [0.1, 0.15) is 0 Å². The largest absolute Gasteiger partial charge is 0.385 e. The van der Waals surface area contributed by atoms with Crippen molar-refractivity contribution in [2.24, 2.45) is 0 Å². The van der Waals surface area contributed by atoms with Gasteiger partial charge in [-0.15, -0.1) is 0 Å². The molecule has 2 aliphatic heterocycles. The van der Waals surface area contributed by atoms with Crippen molar-refractivity contribution in [1.82, 2.24) is 0 Å². The van der Waals surface area contributed by atoms with Crippen LogP contribution in [0.1, 0.15) is 31.2 Å². The van der Waals surface area contributed by atoms with E-state index >= 15 is 0 Å². The minimum absolute atomic E-state index is 1.13. The van der Waals surface area contributed by atoms with E-state index in [9.17, 15) is 0 Å². The van der Waals surface area contributed by atoms with Gasteiger partial charge in [0.15, 0.2) is 0 Å². The molecule has 1 fully saturated rings. The van der Waals surface area contributed by atoms with Gasteiger partial charge in [-0.25, -0.2) is 0 Å². The number of aryl methyl sites for hydroxylation is 1. The van der Waals surface area contributed by atoms with E-state index in [4.69, 9.17) is 0 Å². The number of rotatable bonds is 1. The third-order valence-electron chi connectivity index (χ3n) is 3.75. The highest BCUT2D eigenvalue weighted by Gasteiger charge is 2.14. The van der Waals surface area contributed by atoms with Crippen LogP contribution in [0.5, 0.6) is 0 Å². The zero-order chi connectivity index (χ0) is 10.8. The smallest absolute Gasteiger partial charge is 0.0374 e. The van der Waals surface area contributed by atoms with E-state index in [1.54, 1.807) is 0 Å². The molecule has 1 N–H and O–H groups in total. The average Bonchev–Trinajstić information content (AvgIpc) is 2.39. The summed E-state index contributed by atoms with van der Waals surface area (Å²) in [5, 5.41) is 3.47. The molecule has 2 heteroatoms. The molecule has 0 aliphatic carbocycles. The van der Waals surface area contributed by atoms with Crippen LogP contribution in [0.25, 0.3) is 0 Å². The summed E-state index contributed by atoms with van der Waals surface area (Å²) in [6.45, 7) is 3.62. The van der Waals surface area contributed by atoms with Crippen molar-refractivity contribution in [1.29, 1.82) is 0 Å². The van der Waals surface area contributed by atoms with Gasteiger partial charge in [-0.1, -0.05) is 0 Å². The zero-order valence-corrected chi connectivity index (χ0v) is 9.84. The lowest BCUT2D eigenvalue weighted by atomic mass is 10.0. The molecule has 0 bridgehead atoms. The van der Waals surface area contributed by atoms with Gasteiger partial charge in [0, 0.05) is 31.0 Å². The maximum absolute atomic E-state index is 3.47. The van der Waals surface area contributed by atoms with Crippen LogP contribution >= 0.6 is 0 Å². The Bertz CT molecular complexity index is 367. The van der Waals surface area contributed by atoms with Crippen LogP contribution in [0.2, 0.25) is 0 Å². The van der Waals surface area contributed by atoms with E-state index in [-0.39, 0.29) is 0 Å². The standard InChI is InChI=1S/C14H20N2/c1-2-9-16(10-3-1)13-6-7-14-12(11-13)5-4-8-15-14/h6-7,11,15H,1-5,8-10H2. The minimum atomic E-state index is 1.13. The molecule has 2 nitrogen and oxygen atoms in total. The predicted molar refractivity (Wildman–Crippen MR) is 69.3 cm³/mol. The van der Waals surface area contributed by atoms with Crippen LogP contribution in [-0.2, 0) is 6.42 Å². The Morgan fingerprint density at radius 3 is 2.75 bits per heavy atom. The first kappa shape index (κ1) is 10.0. The fourth-order valence-corrected chi connectivity index (χ4v) is 2.81. The van der Waals surface area contributed by atoms with E-state index in [1.807, 2.05) is 0 Å². The maximum atomic E-state index is 3.47. The van der Waals surface area contributed by atoms with Crippen molar-refractivity contribution in [3.8, 4) is 0 Å². The van der Waals surface area contributed by atoms with E-state index in [0.717, 1.165) is 6.54 Å². The molecule has 1 saturated heterocycles. The summed E-state index contributed by atoms with van der Waals surface area (Å²) in [4.78, 5) is 2.54. The van der Waals surface area contributed by atoms with E-state index in [0.29, 0.717) is 0 Å². The second kappa shape index (κ2) is 4.36. The second-order valence-electron chi connectivity index (χ2n) is 4.92. The van der Waals surface area contributed by atoms with Crippen molar-refractivity contribution in [2.75, 3.05) is 29.9 Å². The quantitative estimate of drug-likeness (QED) is 0.776. The van der Waals surface area contributed by atoms with Crippen LogP contribution in [-0.4, -0.2) is 19.6 Å². The molecule has 1 aromatic carbocycles. The Hall–Kier alpha value is -1.18. The fourth-order valence-electron chi connectivity index (χ4n) is 2.81. The lowest BCUT2D eigenvalue weighted by Crippen LogP contribution is -2.29.